The van der Waals surface area contributed by atoms with E-state index in [2.05, 4.69) is 5.32 Å². The second kappa shape index (κ2) is 8.45. The Morgan fingerprint density at radius 3 is 2.50 bits per heavy atom. The van der Waals surface area contributed by atoms with Gasteiger partial charge in [-0.2, -0.15) is 0 Å². The van der Waals surface area contributed by atoms with Crippen molar-refractivity contribution in [3.8, 4) is 0 Å². The van der Waals surface area contributed by atoms with E-state index in [1.54, 1.807) is 19.1 Å². The number of halogens is 1. The van der Waals surface area contributed by atoms with Crippen LogP contribution in [-0.4, -0.2) is 42.1 Å². The maximum atomic E-state index is 9.59. The topological polar surface area (TPSA) is 61.7 Å². The summed E-state index contributed by atoms with van der Waals surface area (Å²) in [6, 6.07) is 7.39. The fourth-order valence-electron chi connectivity index (χ4n) is 1.41. The average molecular weight is 274 g/mol. The van der Waals surface area contributed by atoms with Crippen molar-refractivity contribution < 1.29 is 14.9 Å². The van der Waals surface area contributed by atoms with Crippen LogP contribution in [0.4, 0.5) is 0 Å². The summed E-state index contributed by atoms with van der Waals surface area (Å²) in [7, 11) is 0. The minimum absolute atomic E-state index is 0.259. The maximum Gasteiger partial charge on any atom is 0.0897 e. The fraction of sp³-hybridized carbons (Fsp3) is 0.538. The summed E-state index contributed by atoms with van der Waals surface area (Å²) in [6.45, 7) is 3.27. The molecule has 102 valence electrons. The van der Waals surface area contributed by atoms with Crippen molar-refractivity contribution in [2.24, 2.45) is 0 Å². The van der Waals surface area contributed by atoms with Crippen LogP contribution in [-0.2, 0) is 11.3 Å². The van der Waals surface area contributed by atoms with Gasteiger partial charge in [-0.1, -0.05) is 23.7 Å². The minimum atomic E-state index is -0.573. The SMILES string of the molecule is CC(O)CNCC(O)COCc1ccc(Cl)cc1. The van der Waals surface area contributed by atoms with Crippen molar-refractivity contribution in [2.45, 2.75) is 25.7 Å². The Morgan fingerprint density at radius 1 is 1.22 bits per heavy atom. The monoisotopic (exact) mass is 273 g/mol. The van der Waals surface area contributed by atoms with Crippen molar-refractivity contribution >= 4 is 11.6 Å². The third-order valence-corrected chi connectivity index (χ3v) is 2.56. The first-order valence-electron chi connectivity index (χ1n) is 5.97. The van der Waals surface area contributed by atoms with Gasteiger partial charge in [0.2, 0.25) is 0 Å². The molecule has 0 aliphatic carbocycles. The van der Waals surface area contributed by atoms with E-state index < -0.39 is 12.2 Å². The molecular weight excluding hydrogens is 254 g/mol. The molecule has 3 N–H and O–H groups in total. The van der Waals surface area contributed by atoms with Gasteiger partial charge >= 0.3 is 0 Å². The van der Waals surface area contributed by atoms with Crippen molar-refractivity contribution in [3.05, 3.63) is 34.9 Å². The number of aliphatic hydroxyl groups excluding tert-OH is 2. The molecule has 0 saturated heterocycles. The standard InChI is InChI=1S/C13H20ClNO3/c1-10(16)6-15-7-13(17)9-18-8-11-2-4-12(14)5-3-11/h2-5,10,13,15-17H,6-9H2,1H3. The third kappa shape index (κ3) is 6.93. The van der Waals surface area contributed by atoms with Crippen LogP contribution in [0.5, 0.6) is 0 Å². The highest BCUT2D eigenvalue weighted by molar-refractivity contribution is 6.30. The Balaban J connectivity index is 2.11. The van der Waals surface area contributed by atoms with Gasteiger partial charge in [-0.05, 0) is 24.6 Å². The Morgan fingerprint density at radius 2 is 1.89 bits per heavy atom. The summed E-state index contributed by atoms with van der Waals surface area (Å²) < 4.78 is 5.38. The Hall–Kier alpha value is -0.650. The lowest BCUT2D eigenvalue weighted by Gasteiger charge is -2.13. The molecule has 0 radical (unpaired) electrons. The zero-order chi connectivity index (χ0) is 13.4. The first kappa shape index (κ1) is 15.4. The number of hydrogen-bond acceptors (Lipinski definition) is 4. The van der Waals surface area contributed by atoms with Crippen molar-refractivity contribution in [2.75, 3.05) is 19.7 Å². The van der Waals surface area contributed by atoms with Crippen LogP contribution in [0.2, 0.25) is 5.02 Å². The molecule has 0 aromatic heterocycles. The number of aliphatic hydroxyl groups is 2. The summed E-state index contributed by atoms with van der Waals surface area (Å²) >= 11 is 5.77. The Labute approximate surface area is 113 Å². The molecule has 0 saturated carbocycles. The second-order valence-corrected chi connectivity index (χ2v) is 4.74. The van der Waals surface area contributed by atoms with E-state index in [0.29, 0.717) is 24.7 Å². The number of benzene rings is 1. The van der Waals surface area contributed by atoms with Gasteiger partial charge in [-0.15, -0.1) is 0 Å². The quantitative estimate of drug-likeness (QED) is 0.666. The van der Waals surface area contributed by atoms with Gasteiger partial charge in [-0.3, -0.25) is 0 Å². The number of nitrogens with one attached hydrogen (secondary N) is 1. The molecule has 18 heavy (non-hydrogen) atoms. The van der Waals surface area contributed by atoms with E-state index in [9.17, 15) is 5.11 Å². The van der Waals surface area contributed by atoms with E-state index in [1.165, 1.54) is 0 Å². The molecule has 0 bridgehead atoms. The molecule has 2 atom stereocenters. The summed E-state index contributed by atoms with van der Waals surface area (Å²) in [5.74, 6) is 0. The van der Waals surface area contributed by atoms with Crippen molar-refractivity contribution in [3.63, 3.8) is 0 Å². The van der Waals surface area contributed by atoms with Crippen LogP contribution in [0, 0.1) is 0 Å². The Kier molecular flexibility index (Phi) is 7.23. The molecule has 1 aromatic rings. The van der Waals surface area contributed by atoms with Crippen molar-refractivity contribution in [1.82, 2.24) is 5.32 Å². The van der Waals surface area contributed by atoms with Crippen LogP contribution >= 0.6 is 11.6 Å². The maximum absolute atomic E-state index is 9.59. The molecule has 0 aliphatic rings. The van der Waals surface area contributed by atoms with E-state index >= 15 is 0 Å². The summed E-state index contributed by atoms with van der Waals surface area (Å²) in [5.41, 5.74) is 1.02. The highest BCUT2D eigenvalue weighted by Crippen LogP contribution is 2.10. The molecule has 0 amide bonds. The van der Waals surface area contributed by atoms with Gasteiger partial charge in [0, 0.05) is 18.1 Å². The van der Waals surface area contributed by atoms with Crippen LogP contribution in [0.3, 0.4) is 0 Å². The van der Waals surface area contributed by atoms with Gasteiger partial charge in [0.15, 0.2) is 0 Å². The molecule has 5 heteroatoms. The molecule has 0 fully saturated rings. The highest BCUT2D eigenvalue weighted by Gasteiger charge is 2.04. The zero-order valence-corrected chi connectivity index (χ0v) is 11.2. The fourth-order valence-corrected chi connectivity index (χ4v) is 1.54. The number of rotatable bonds is 8. The highest BCUT2D eigenvalue weighted by atomic mass is 35.5. The third-order valence-electron chi connectivity index (χ3n) is 2.31. The molecule has 0 spiro atoms. The molecule has 4 nitrogen and oxygen atoms in total. The summed E-state index contributed by atoms with van der Waals surface area (Å²) in [6.07, 6.45) is -0.983. The van der Waals surface area contributed by atoms with Gasteiger partial charge in [0.25, 0.3) is 0 Å². The van der Waals surface area contributed by atoms with Crippen LogP contribution in [0.15, 0.2) is 24.3 Å². The molecular formula is C13H20ClNO3. The van der Waals surface area contributed by atoms with Crippen LogP contribution in [0.25, 0.3) is 0 Å². The van der Waals surface area contributed by atoms with Crippen molar-refractivity contribution in [1.29, 1.82) is 0 Å². The normalized spacial score (nSPS) is 14.4. The smallest absolute Gasteiger partial charge is 0.0897 e. The van der Waals surface area contributed by atoms with Gasteiger partial charge in [0.05, 0.1) is 25.4 Å². The number of ether oxygens (including phenoxy) is 1. The average Bonchev–Trinajstić information content (AvgIpc) is 2.31. The summed E-state index contributed by atoms with van der Waals surface area (Å²) in [4.78, 5) is 0. The lowest BCUT2D eigenvalue weighted by molar-refractivity contribution is 0.0276. The number of hydrogen-bond donors (Lipinski definition) is 3. The Bertz CT molecular complexity index is 330. The lowest BCUT2D eigenvalue weighted by atomic mass is 10.2. The summed E-state index contributed by atoms with van der Waals surface area (Å²) in [5, 5.41) is 22.3. The van der Waals surface area contributed by atoms with E-state index in [1.807, 2.05) is 12.1 Å². The minimum Gasteiger partial charge on any atom is -0.392 e. The van der Waals surface area contributed by atoms with Crippen LogP contribution in [0.1, 0.15) is 12.5 Å². The van der Waals surface area contributed by atoms with Gasteiger partial charge in [-0.25, -0.2) is 0 Å². The predicted molar refractivity (Wildman–Crippen MR) is 71.7 cm³/mol. The van der Waals surface area contributed by atoms with E-state index in [0.717, 1.165) is 5.56 Å². The van der Waals surface area contributed by atoms with Crippen LogP contribution < -0.4 is 5.32 Å². The lowest BCUT2D eigenvalue weighted by Crippen LogP contribution is -2.34. The van der Waals surface area contributed by atoms with E-state index in [4.69, 9.17) is 21.4 Å². The first-order valence-corrected chi connectivity index (χ1v) is 6.34. The predicted octanol–water partition coefficient (Wildman–Crippen LogP) is 1.19. The van der Waals surface area contributed by atoms with Gasteiger partial charge in [0.1, 0.15) is 0 Å². The molecule has 0 aliphatic heterocycles. The van der Waals surface area contributed by atoms with E-state index in [-0.39, 0.29) is 6.61 Å². The molecule has 1 rings (SSSR count). The second-order valence-electron chi connectivity index (χ2n) is 4.30. The first-order chi connectivity index (χ1) is 8.58. The van der Waals surface area contributed by atoms with Gasteiger partial charge < -0.3 is 20.3 Å². The molecule has 1 aromatic carbocycles. The largest absolute Gasteiger partial charge is 0.392 e. The molecule has 2 unspecified atom stereocenters. The zero-order valence-electron chi connectivity index (χ0n) is 10.5. The molecule has 0 heterocycles.